The number of carbonyl (C=O) groups excluding carboxylic acids is 1. The molecule has 1 N–H and O–H groups in total. The molecule has 0 bridgehead atoms. The van der Waals surface area contributed by atoms with Gasteiger partial charge in [0.25, 0.3) is 0 Å². The molecule has 0 aromatic heterocycles. The average molecular weight is 268 g/mol. The van der Waals surface area contributed by atoms with Crippen molar-refractivity contribution >= 4 is 17.5 Å². The van der Waals surface area contributed by atoms with E-state index in [0.29, 0.717) is 18.1 Å². The number of benzene rings is 1. The number of aliphatic hydroxyl groups is 1. The van der Waals surface area contributed by atoms with Gasteiger partial charge in [-0.15, -0.1) is 0 Å². The Balaban J connectivity index is 2.20. The van der Waals surface area contributed by atoms with E-state index in [1.165, 1.54) is 0 Å². The standard InChI is InChI=1S/C14H18ClNO2/c1-2-16(9-10-17)13(18)14(7-8-14)11-3-5-12(15)6-4-11/h3-6,17H,2,7-10H2,1H3. The van der Waals surface area contributed by atoms with Crippen LogP contribution in [0.15, 0.2) is 24.3 Å². The minimum Gasteiger partial charge on any atom is -0.395 e. The number of hydrogen-bond donors (Lipinski definition) is 1. The Bertz CT molecular complexity index is 426. The van der Waals surface area contributed by atoms with Gasteiger partial charge in [0.1, 0.15) is 0 Å². The zero-order valence-electron chi connectivity index (χ0n) is 10.5. The van der Waals surface area contributed by atoms with E-state index < -0.39 is 0 Å². The van der Waals surface area contributed by atoms with Gasteiger partial charge in [0, 0.05) is 18.1 Å². The highest BCUT2D eigenvalue weighted by Gasteiger charge is 2.52. The molecular weight excluding hydrogens is 250 g/mol. The van der Waals surface area contributed by atoms with E-state index in [2.05, 4.69) is 0 Å². The zero-order valence-corrected chi connectivity index (χ0v) is 11.3. The van der Waals surface area contributed by atoms with Gasteiger partial charge in [0.15, 0.2) is 0 Å². The summed E-state index contributed by atoms with van der Waals surface area (Å²) >= 11 is 5.87. The van der Waals surface area contributed by atoms with Gasteiger partial charge in [-0.3, -0.25) is 4.79 Å². The molecule has 4 heteroatoms. The first kappa shape index (κ1) is 13.4. The molecular formula is C14H18ClNO2. The lowest BCUT2D eigenvalue weighted by molar-refractivity contribution is -0.134. The summed E-state index contributed by atoms with van der Waals surface area (Å²) in [4.78, 5) is 14.2. The molecule has 18 heavy (non-hydrogen) atoms. The normalized spacial score (nSPS) is 16.4. The van der Waals surface area contributed by atoms with Crippen molar-refractivity contribution < 1.29 is 9.90 Å². The van der Waals surface area contributed by atoms with Crippen LogP contribution in [0.3, 0.4) is 0 Å². The number of nitrogens with zero attached hydrogens (tertiary/aromatic N) is 1. The number of aliphatic hydroxyl groups excluding tert-OH is 1. The third-order valence-electron chi connectivity index (χ3n) is 3.60. The summed E-state index contributed by atoms with van der Waals surface area (Å²) in [6.07, 6.45) is 1.77. The maximum Gasteiger partial charge on any atom is 0.233 e. The van der Waals surface area contributed by atoms with Gasteiger partial charge in [-0.1, -0.05) is 23.7 Å². The molecule has 2 rings (SSSR count). The molecule has 0 radical (unpaired) electrons. The summed E-state index contributed by atoms with van der Waals surface area (Å²) < 4.78 is 0. The van der Waals surface area contributed by atoms with Crippen molar-refractivity contribution in [3.8, 4) is 0 Å². The van der Waals surface area contributed by atoms with Crippen molar-refractivity contribution in [2.75, 3.05) is 19.7 Å². The highest BCUT2D eigenvalue weighted by Crippen LogP contribution is 2.49. The van der Waals surface area contributed by atoms with Crippen LogP contribution in [0.5, 0.6) is 0 Å². The molecule has 1 fully saturated rings. The van der Waals surface area contributed by atoms with Crippen LogP contribution >= 0.6 is 11.6 Å². The number of rotatable bonds is 5. The lowest BCUT2D eigenvalue weighted by Gasteiger charge is -2.26. The first-order valence-electron chi connectivity index (χ1n) is 6.30. The van der Waals surface area contributed by atoms with Gasteiger partial charge in [-0.05, 0) is 37.5 Å². The Hall–Kier alpha value is -1.06. The fraction of sp³-hybridized carbons (Fsp3) is 0.500. The fourth-order valence-corrected chi connectivity index (χ4v) is 2.47. The first-order valence-corrected chi connectivity index (χ1v) is 6.68. The van der Waals surface area contributed by atoms with Crippen LogP contribution in [0.4, 0.5) is 0 Å². The van der Waals surface area contributed by atoms with E-state index in [0.717, 1.165) is 18.4 Å². The molecule has 3 nitrogen and oxygen atoms in total. The Morgan fingerprint density at radius 3 is 2.44 bits per heavy atom. The van der Waals surface area contributed by atoms with Crippen LogP contribution in [0.1, 0.15) is 25.3 Å². The van der Waals surface area contributed by atoms with Crippen molar-refractivity contribution in [3.63, 3.8) is 0 Å². The van der Waals surface area contributed by atoms with Crippen LogP contribution in [-0.4, -0.2) is 35.6 Å². The van der Waals surface area contributed by atoms with Gasteiger partial charge < -0.3 is 10.0 Å². The Morgan fingerprint density at radius 2 is 2.00 bits per heavy atom. The number of hydrogen-bond acceptors (Lipinski definition) is 2. The molecule has 1 aliphatic carbocycles. The molecule has 1 aromatic rings. The van der Waals surface area contributed by atoms with Crippen molar-refractivity contribution in [1.29, 1.82) is 0 Å². The molecule has 0 aliphatic heterocycles. The molecule has 1 amide bonds. The summed E-state index contributed by atoms with van der Waals surface area (Å²) in [7, 11) is 0. The first-order chi connectivity index (χ1) is 8.64. The van der Waals surface area contributed by atoms with Crippen LogP contribution in [0.25, 0.3) is 0 Å². The lowest BCUT2D eigenvalue weighted by Crippen LogP contribution is -2.40. The second-order valence-corrected chi connectivity index (χ2v) is 5.13. The lowest BCUT2D eigenvalue weighted by atomic mass is 9.94. The molecule has 0 heterocycles. The molecule has 98 valence electrons. The predicted molar refractivity (Wildman–Crippen MR) is 71.7 cm³/mol. The van der Waals surface area contributed by atoms with Crippen LogP contribution in [-0.2, 0) is 10.2 Å². The Labute approximate surface area is 112 Å². The smallest absolute Gasteiger partial charge is 0.233 e. The van der Waals surface area contributed by atoms with Crippen molar-refractivity contribution in [2.45, 2.75) is 25.2 Å². The molecule has 1 saturated carbocycles. The summed E-state index contributed by atoms with van der Waals surface area (Å²) in [5, 5.41) is 9.68. The van der Waals surface area contributed by atoms with E-state index in [1.54, 1.807) is 4.90 Å². The van der Waals surface area contributed by atoms with E-state index in [4.69, 9.17) is 16.7 Å². The van der Waals surface area contributed by atoms with Crippen molar-refractivity contribution in [1.82, 2.24) is 4.90 Å². The number of amides is 1. The largest absolute Gasteiger partial charge is 0.395 e. The van der Waals surface area contributed by atoms with E-state index in [1.807, 2.05) is 31.2 Å². The maximum atomic E-state index is 12.5. The van der Waals surface area contributed by atoms with E-state index >= 15 is 0 Å². The molecule has 0 atom stereocenters. The summed E-state index contributed by atoms with van der Waals surface area (Å²) in [6, 6.07) is 7.51. The predicted octanol–water partition coefficient (Wildman–Crippen LogP) is 2.21. The second-order valence-electron chi connectivity index (χ2n) is 4.70. The SMILES string of the molecule is CCN(CCO)C(=O)C1(c2ccc(Cl)cc2)CC1. The minimum atomic E-state index is -0.365. The number of halogens is 1. The van der Waals surface area contributed by atoms with Gasteiger partial charge in [-0.2, -0.15) is 0 Å². The third-order valence-corrected chi connectivity index (χ3v) is 3.85. The molecule has 0 spiro atoms. The fourth-order valence-electron chi connectivity index (χ4n) is 2.35. The highest BCUT2D eigenvalue weighted by molar-refractivity contribution is 6.30. The zero-order chi connectivity index (χ0) is 13.2. The summed E-state index contributed by atoms with van der Waals surface area (Å²) in [6.45, 7) is 2.99. The maximum absolute atomic E-state index is 12.5. The molecule has 1 aliphatic rings. The highest BCUT2D eigenvalue weighted by atomic mass is 35.5. The Kier molecular flexibility index (Phi) is 3.93. The quantitative estimate of drug-likeness (QED) is 0.889. The Morgan fingerprint density at radius 1 is 1.39 bits per heavy atom. The number of likely N-dealkylation sites (N-methyl/N-ethyl adjacent to an activating group) is 1. The van der Waals surface area contributed by atoms with Crippen molar-refractivity contribution in [3.05, 3.63) is 34.9 Å². The molecule has 0 saturated heterocycles. The minimum absolute atomic E-state index is 0.0102. The van der Waals surface area contributed by atoms with E-state index in [9.17, 15) is 4.79 Å². The number of carbonyl (C=O) groups is 1. The van der Waals surface area contributed by atoms with Gasteiger partial charge >= 0.3 is 0 Å². The molecule has 1 aromatic carbocycles. The van der Waals surface area contributed by atoms with Gasteiger partial charge in [0.2, 0.25) is 5.91 Å². The van der Waals surface area contributed by atoms with Crippen molar-refractivity contribution in [2.24, 2.45) is 0 Å². The van der Waals surface area contributed by atoms with Gasteiger partial charge in [0.05, 0.1) is 12.0 Å². The molecule has 0 unspecified atom stereocenters. The monoisotopic (exact) mass is 267 g/mol. The summed E-state index contributed by atoms with van der Waals surface area (Å²) in [5.41, 5.74) is 0.670. The van der Waals surface area contributed by atoms with E-state index in [-0.39, 0.29) is 17.9 Å². The third kappa shape index (κ3) is 2.38. The van der Waals surface area contributed by atoms with Gasteiger partial charge in [-0.25, -0.2) is 0 Å². The topological polar surface area (TPSA) is 40.5 Å². The van der Waals surface area contributed by atoms with Crippen LogP contribution in [0.2, 0.25) is 5.02 Å². The average Bonchev–Trinajstić information content (AvgIpc) is 3.17. The second kappa shape index (κ2) is 5.29. The van der Waals surface area contributed by atoms with Crippen LogP contribution < -0.4 is 0 Å². The summed E-state index contributed by atoms with van der Waals surface area (Å²) in [5.74, 6) is 0.126. The van der Waals surface area contributed by atoms with Crippen LogP contribution in [0, 0.1) is 0 Å².